The van der Waals surface area contributed by atoms with Crippen LogP contribution in [0.25, 0.3) is 0 Å². The summed E-state index contributed by atoms with van der Waals surface area (Å²) in [5, 5.41) is 3.53. The Morgan fingerprint density at radius 2 is 1.81 bits per heavy atom. The van der Waals surface area contributed by atoms with Crippen LogP contribution in [0.4, 0.5) is 10.1 Å². The molecular weight excluding hydrogens is 409 g/mol. The Bertz CT molecular complexity index is 689. The number of guanidine groups is 1. The van der Waals surface area contributed by atoms with Gasteiger partial charge in [0.15, 0.2) is 5.96 Å². The number of aliphatic imine (C=N–C) groups is 1. The van der Waals surface area contributed by atoms with E-state index < -0.39 is 0 Å². The van der Waals surface area contributed by atoms with Crippen LogP contribution in [-0.2, 0) is 9.47 Å². The van der Waals surface area contributed by atoms with Crippen LogP contribution in [0.5, 0.6) is 0 Å². The molecule has 2 aliphatic heterocycles. The van der Waals surface area contributed by atoms with E-state index in [1.165, 1.54) is 0 Å². The molecule has 0 atom stereocenters. The molecule has 2 aliphatic rings. The number of piperazine rings is 1. The summed E-state index contributed by atoms with van der Waals surface area (Å²) >= 11 is 0. The number of ether oxygens (including phenoxy) is 2. The van der Waals surface area contributed by atoms with Crippen molar-refractivity contribution in [1.82, 2.24) is 15.1 Å². The second kappa shape index (κ2) is 13.6. The smallest absolute Gasteiger partial charge is 0.193 e. The number of piperidine rings is 1. The monoisotopic (exact) mass is 449 g/mol. The maximum atomic E-state index is 14.0. The SMILES string of the molecule is CN=C(NCCCN1CCN(c2ccccc2F)CC1)N1CCC(OCCCOC)CC1. The molecule has 2 heterocycles. The maximum Gasteiger partial charge on any atom is 0.193 e. The molecule has 0 aliphatic carbocycles. The van der Waals surface area contributed by atoms with Crippen molar-refractivity contribution in [3.63, 3.8) is 0 Å². The van der Waals surface area contributed by atoms with Crippen LogP contribution in [0, 0.1) is 5.82 Å². The van der Waals surface area contributed by atoms with Crippen LogP contribution < -0.4 is 10.2 Å². The summed E-state index contributed by atoms with van der Waals surface area (Å²) in [4.78, 5) is 11.4. The molecule has 180 valence electrons. The second-order valence-corrected chi connectivity index (χ2v) is 8.51. The molecule has 0 radical (unpaired) electrons. The highest BCUT2D eigenvalue weighted by molar-refractivity contribution is 5.79. The average molecular weight is 450 g/mol. The van der Waals surface area contributed by atoms with Gasteiger partial charge in [-0.1, -0.05) is 12.1 Å². The second-order valence-electron chi connectivity index (χ2n) is 8.51. The number of benzene rings is 1. The van der Waals surface area contributed by atoms with Gasteiger partial charge in [0.25, 0.3) is 0 Å². The summed E-state index contributed by atoms with van der Waals surface area (Å²) in [5.74, 6) is 0.866. The molecule has 0 spiro atoms. The summed E-state index contributed by atoms with van der Waals surface area (Å²) in [6, 6.07) is 7.06. The third-order valence-corrected chi connectivity index (χ3v) is 6.30. The van der Waals surface area contributed by atoms with Gasteiger partial charge in [0.1, 0.15) is 5.82 Å². The third-order valence-electron chi connectivity index (χ3n) is 6.30. The van der Waals surface area contributed by atoms with Crippen molar-refractivity contribution in [2.75, 3.05) is 84.6 Å². The van der Waals surface area contributed by atoms with E-state index >= 15 is 0 Å². The topological polar surface area (TPSA) is 52.6 Å². The van der Waals surface area contributed by atoms with Crippen LogP contribution in [0.3, 0.4) is 0 Å². The molecule has 8 heteroatoms. The summed E-state index contributed by atoms with van der Waals surface area (Å²) in [7, 11) is 3.59. The molecule has 0 saturated carbocycles. The lowest BCUT2D eigenvalue weighted by Crippen LogP contribution is -2.48. The van der Waals surface area contributed by atoms with Gasteiger partial charge in [-0.3, -0.25) is 9.89 Å². The van der Waals surface area contributed by atoms with Gasteiger partial charge in [-0.05, 0) is 44.4 Å². The lowest BCUT2D eigenvalue weighted by molar-refractivity contribution is 0.00991. The Morgan fingerprint density at radius 3 is 2.50 bits per heavy atom. The van der Waals surface area contributed by atoms with Crippen LogP contribution in [0.2, 0.25) is 0 Å². The number of likely N-dealkylation sites (tertiary alicyclic amines) is 1. The molecule has 3 rings (SSSR count). The fourth-order valence-electron chi connectivity index (χ4n) is 4.44. The highest BCUT2D eigenvalue weighted by Crippen LogP contribution is 2.20. The molecule has 2 saturated heterocycles. The first-order valence-corrected chi connectivity index (χ1v) is 12.0. The Labute approximate surface area is 192 Å². The quantitative estimate of drug-likeness (QED) is 0.336. The first-order chi connectivity index (χ1) is 15.7. The molecule has 0 bridgehead atoms. The normalized spacial score (nSPS) is 18.9. The van der Waals surface area contributed by atoms with E-state index in [1.54, 1.807) is 19.2 Å². The fourth-order valence-corrected chi connectivity index (χ4v) is 4.44. The highest BCUT2D eigenvalue weighted by Gasteiger charge is 2.22. The highest BCUT2D eigenvalue weighted by atomic mass is 19.1. The standard InChI is InChI=1S/C24H40FN5O2/c1-26-24(30-13-9-21(10-14-30)32-20-6-19-31-2)27-11-5-12-28-15-17-29(18-16-28)23-8-4-3-7-22(23)25/h3-4,7-8,21H,5-6,9-20H2,1-2H3,(H,26,27). The zero-order valence-corrected chi connectivity index (χ0v) is 19.8. The molecule has 0 unspecified atom stereocenters. The lowest BCUT2D eigenvalue weighted by Gasteiger charge is -2.36. The molecule has 0 amide bonds. The third kappa shape index (κ3) is 7.60. The Hall–Kier alpha value is -1.90. The number of nitrogens with one attached hydrogen (secondary N) is 1. The van der Waals surface area contributed by atoms with Crippen LogP contribution in [0.1, 0.15) is 25.7 Å². The molecule has 1 aromatic rings. The zero-order valence-electron chi connectivity index (χ0n) is 19.8. The van der Waals surface area contributed by atoms with E-state index in [0.717, 1.165) is 103 Å². The van der Waals surface area contributed by atoms with Gasteiger partial charge in [0.2, 0.25) is 0 Å². The number of para-hydroxylation sites is 1. The van der Waals surface area contributed by atoms with Crippen molar-refractivity contribution in [3.8, 4) is 0 Å². The largest absolute Gasteiger partial charge is 0.385 e. The van der Waals surface area contributed by atoms with Gasteiger partial charge < -0.3 is 24.6 Å². The van der Waals surface area contributed by atoms with E-state index in [9.17, 15) is 4.39 Å². The van der Waals surface area contributed by atoms with E-state index in [0.29, 0.717) is 6.10 Å². The molecular formula is C24H40FN5O2. The van der Waals surface area contributed by atoms with Crippen molar-refractivity contribution < 1.29 is 13.9 Å². The maximum absolute atomic E-state index is 14.0. The molecule has 7 nitrogen and oxygen atoms in total. The van der Waals surface area contributed by atoms with Crippen molar-refractivity contribution in [2.45, 2.75) is 31.8 Å². The number of hydrogen-bond donors (Lipinski definition) is 1. The van der Waals surface area contributed by atoms with Crippen LogP contribution >= 0.6 is 0 Å². The molecule has 1 N–H and O–H groups in total. The van der Waals surface area contributed by atoms with Gasteiger partial charge >= 0.3 is 0 Å². The first kappa shape index (κ1) is 24.7. The molecule has 0 aromatic heterocycles. The van der Waals surface area contributed by atoms with Gasteiger partial charge in [-0.15, -0.1) is 0 Å². The predicted molar refractivity (Wildman–Crippen MR) is 128 cm³/mol. The number of halogens is 1. The van der Waals surface area contributed by atoms with Crippen molar-refractivity contribution >= 4 is 11.6 Å². The number of nitrogens with zero attached hydrogens (tertiary/aromatic N) is 4. The number of hydrogen-bond acceptors (Lipinski definition) is 5. The minimum absolute atomic E-state index is 0.127. The molecule has 2 fully saturated rings. The average Bonchev–Trinajstić information content (AvgIpc) is 2.83. The number of anilines is 1. The van der Waals surface area contributed by atoms with Crippen molar-refractivity contribution in [3.05, 3.63) is 30.1 Å². The summed E-state index contributed by atoms with van der Waals surface area (Å²) in [5.41, 5.74) is 0.724. The first-order valence-electron chi connectivity index (χ1n) is 12.0. The minimum Gasteiger partial charge on any atom is -0.385 e. The Balaban J connectivity index is 1.28. The lowest BCUT2D eigenvalue weighted by atomic mass is 10.1. The van der Waals surface area contributed by atoms with E-state index in [-0.39, 0.29) is 5.82 Å². The minimum atomic E-state index is -0.127. The summed E-state index contributed by atoms with van der Waals surface area (Å²) in [6.45, 7) is 9.15. The van der Waals surface area contributed by atoms with Gasteiger partial charge in [0, 0.05) is 73.2 Å². The van der Waals surface area contributed by atoms with Crippen LogP contribution in [0.15, 0.2) is 29.3 Å². The Kier molecular flexibility index (Phi) is 10.5. The van der Waals surface area contributed by atoms with Crippen molar-refractivity contribution in [2.24, 2.45) is 4.99 Å². The summed E-state index contributed by atoms with van der Waals surface area (Å²) in [6.07, 6.45) is 4.46. The fraction of sp³-hybridized carbons (Fsp3) is 0.708. The van der Waals surface area contributed by atoms with E-state index in [4.69, 9.17) is 9.47 Å². The van der Waals surface area contributed by atoms with Crippen molar-refractivity contribution in [1.29, 1.82) is 0 Å². The Morgan fingerprint density at radius 1 is 1.06 bits per heavy atom. The van der Waals surface area contributed by atoms with Gasteiger partial charge in [0.05, 0.1) is 11.8 Å². The predicted octanol–water partition coefficient (Wildman–Crippen LogP) is 2.43. The van der Waals surface area contributed by atoms with E-state index in [2.05, 4.69) is 25.0 Å². The number of methoxy groups -OCH3 is 1. The summed E-state index contributed by atoms with van der Waals surface area (Å²) < 4.78 is 25.0. The van der Waals surface area contributed by atoms with E-state index in [1.807, 2.05) is 19.2 Å². The van der Waals surface area contributed by atoms with Crippen LogP contribution in [-0.4, -0.2) is 102 Å². The number of rotatable bonds is 10. The van der Waals surface area contributed by atoms with Gasteiger partial charge in [-0.25, -0.2) is 4.39 Å². The van der Waals surface area contributed by atoms with Gasteiger partial charge in [-0.2, -0.15) is 0 Å². The zero-order chi connectivity index (χ0) is 22.6. The molecule has 32 heavy (non-hydrogen) atoms. The molecule has 1 aromatic carbocycles.